The number of nitrogens with zero attached hydrogens (tertiary/aromatic N) is 3. The molecule has 116 valence electrons. The van der Waals surface area contributed by atoms with Crippen LogP contribution in [0.4, 0.5) is 5.69 Å². The maximum absolute atomic E-state index is 6.08. The lowest BCUT2D eigenvalue weighted by molar-refractivity contribution is 0.207. The molecule has 21 heavy (non-hydrogen) atoms. The molecular formula is C15H23ClN4S. The topological polar surface area (TPSA) is 21.8 Å². The summed E-state index contributed by atoms with van der Waals surface area (Å²) in [4.78, 5) is 6.87. The number of thiocarbonyl (C=S) groups is 1. The molecule has 2 rings (SSSR count). The molecule has 0 aromatic heterocycles. The normalized spacial score (nSPS) is 16.4. The van der Waals surface area contributed by atoms with Crippen LogP contribution in [0.5, 0.6) is 0 Å². The standard InChI is InChI=1S/C15H23ClN4S/c1-3-18(4-2)8-9-19-11-17-15(21)20(12-19)14-7-5-6-13(16)10-14/h5-7,10H,3-4,8-9,11-12H2,1-2H3,(H,17,21). The molecule has 1 aromatic rings. The quantitative estimate of drug-likeness (QED) is 0.809. The van der Waals surface area contributed by atoms with Gasteiger partial charge >= 0.3 is 0 Å². The Bertz CT molecular complexity index is 478. The molecule has 4 nitrogen and oxygen atoms in total. The third-order valence-electron chi connectivity index (χ3n) is 3.79. The van der Waals surface area contributed by atoms with E-state index in [-0.39, 0.29) is 0 Å². The van der Waals surface area contributed by atoms with Gasteiger partial charge in [0.05, 0.1) is 13.3 Å². The third-order valence-corrected chi connectivity index (χ3v) is 4.39. The summed E-state index contributed by atoms with van der Waals surface area (Å²) in [7, 11) is 0. The van der Waals surface area contributed by atoms with Crippen LogP contribution in [0.1, 0.15) is 13.8 Å². The molecule has 6 heteroatoms. The number of hydrogen-bond acceptors (Lipinski definition) is 3. The van der Waals surface area contributed by atoms with Crippen molar-refractivity contribution in [3.63, 3.8) is 0 Å². The Morgan fingerprint density at radius 1 is 1.33 bits per heavy atom. The summed E-state index contributed by atoms with van der Waals surface area (Å²) in [6, 6.07) is 7.82. The summed E-state index contributed by atoms with van der Waals surface area (Å²) in [6.07, 6.45) is 0. The number of benzene rings is 1. The maximum Gasteiger partial charge on any atom is 0.175 e. The van der Waals surface area contributed by atoms with Crippen LogP contribution in [-0.4, -0.2) is 54.4 Å². The summed E-state index contributed by atoms with van der Waals surface area (Å²) >= 11 is 11.5. The Morgan fingerprint density at radius 3 is 2.76 bits per heavy atom. The van der Waals surface area contributed by atoms with E-state index in [1.54, 1.807) is 0 Å². The van der Waals surface area contributed by atoms with Gasteiger partial charge in [-0.25, -0.2) is 0 Å². The lowest BCUT2D eigenvalue weighted by Gasteiger charge is -2.38. The van der Waals surface area contributed by atoms with E-state index in [1.807, 2.05) is 24.3 Å². The van der Waals surface area contributed by atoms with Crippen molar-refractivity contribution < 1.29 is 0 Å². The van der Waals surface area contributed by atoms with Crippen molar-refractivity contribution in [1.82, 2.24) is 15.1 Å². The zero-order valence-electron chi connectivity index (χ0n) is 12.7. The van der Waals surface area contributed by atoms with E-state index in [9.17, 15) is 0 Å². The molecule has 0 radical (unpaired) electrons. The first-order chi connectivity index (χ1) is 10.1. The first kappa shape index (κ1) is 16.5. The van der Waals surface area contributed by atoms with Crippen molar-refractivity contribution in [3.05, 3.63) is 29.3 Å². The molecule has 1 aliphatic heterocycles. The van der Waals surface area contributed by atoms with Gasteiger partial charge in [0.1, 0.15) is 0 Å². The zero-order chi connectivity index (χ0) is 15.2. The Balaban J connectivity index is 1.97. The third kappa shape index (κ3) is 4.54. The SMILES string of the molecule is CCN(CC)CCN1CNC(=S)N(c2cccc(Cl)c2)C1. The summed E-state index contributed by atoms with van der Waals surface area (Å²) in [5, 5.41) is 4.77. The molecule has 0 spiro atoms. The molecule has 0 atom stereocenters. The molecular weight excluding hydrogens is 304 g/mol. The molecule has 1 heterocycles. The first-order valence-electron chi connectivity index (χ1n) is 7.39. The minimum Gasteiger partial charge on any atom is -0.349 e. The molecule has 1 saturated heterocycles. The minimum atomic E-state index is 0.732. The van der Waals surface area contributed by atoms with E-state index in [2.05, 4.69) is 33.9 Å². The van der Waals surface area contributed by atoms with Gasteiger partial charge in [-0.05, 0) is 43.5 Å². The molecule has 0 aliphatic carbocycles. The lowest BCUT2D eigenvalue weighted by Crippen LogP contribution is -2.57. The fraction of sp³-hybridized carbons (Fsp3) is 0.533. The molecule has 1 fully saturated rings. The van der Waals surface area contributed by atoms with Gasteiger partial charge in [0.15, 0.2) is 5.11 Å². The number of nitrogens with one attached hydrogen (secondary N) is 1. The lowest BCUT2D eigenvalue weighted by atomic mass is 10.3. The van der Waals surface area contributed by atoms with E-state index < -0.39 is 0 Å². The van der Waals surface area contributed by atoms with Crippen molar-refractivity contribution in [2.24, 2.45) is 0 Å². The predicted octanol–water partition coefficient (Wildman–Crippen LogP) is 2.59. The van der Waals surface area contributed by atoms with Gasteiger partial charge in [0.2, 0.25) is 0 Å². The Morgan fingerprint density at radius 2 is 2.10 bits per heavy atom. The minimum absolute atomic E-state index is 0.732. The van der Waals surface area contributed by atoms with Crippen LogP contribution in [0, 0.1) is 0 Å². The second kappa shape index (κ2) is 7.94. The second-order valence-corrected chi connectivity index (χ2v) is 5.93. The zero-order valence-corrected chi connectivity index (χ0v) is 14.3. The average Bonchev–Trinajstić information content (AvgIpc) is 2.49. The summed E-state index contributed by atoms with van der Waals surface area (Å²) < 4.78 is 0. The first-order valence-corrected chi connectivity index (χ1v) is 8.18. The highest BCUT2D eigenvalue weighted by atomic mass is 35.5. The van der Waals surface area contributed by atoms with Gasteiger partial charge in [-0.1, -0.05) is 31.5 Å². The van der Waals surface area contributed by atoms with Gasteiger partial charge in [0, 0.05) is 23.8 Å². The summed E-state index contributed by atoms with van der Waals surface area (Å²) in [5.74, 6) is 0. The largest absolute Gasteiger partial charge is 0.349 e. The molecule has 0 unspecified atom stereocenters. The predicted molar refractivity (Wildman–Crippen MR) is 93.9 cm³/mol. The number of likely N-dealkylation sites (N-methyl/N-ethyl adjacent to an activating group) is 1. The van der Waals surface area contributed by atoms with Crippen molar-refractivity contribution in [2.45, 2.75) is 13.8 Å². The molecule has 0 amide bonds. The fourth-order valence-corrected chi connectivity index (χ4v) is 2.82. The summed E-state index contributed by atoms with van der Waals surface area (Å²) in [5.41, 5.74) is 1.03. The van der Waals surface area contributed by atoms with Gasteiger partial charge in [-0.15, -0.1) is 0 Å². The van der Waals surface area contributed by atoms with E-state index in [1.165, 1.54) is 0 Å². The maximum atomic E-state index is 6.08. The summed E-state index contributed by atoms with van der Waals surface area (Å²) in [6.45, 7) is 10.3. The van der Waals surface area contributed by atoms with Gasteiger partial charge in [0.25, 0.3) is 0 Å². The fourth-order valence-electron chi connectivity index (χ4n) is 2.40. The Labute approximate surface area is 137 Å². The highest BCUT2D eigenvalue weighted by molar-refractivity contribution is 7.80. The van der Waals surface area contributed by atoms with Crippen molar-refractivity contribution >= 4 is 34.6 Å². The monoisotopic (exact) mass is 326 g/mol. The molecule has 1 aliphatic rings. The Hall–Kier alpha value is -0.880. The van der Waals surface area contributed by atoms with Gasteiger partial charge < -0.3 is 15.1 Å². The molecule has 1 N–H and O–H groups in total. The van der Waals surface area contributed by atoms with Crippen LogP contribution in [0.2, 0.25) is 5.02 Å². The van der Waals surface area contributed by atoms with Crippen molar-refractivity contribution in [3.8, 4) is 0 Å². The average molecular weight is 327 g/mol. The highest BCUT2D eigenvalue weighted by Gasteiger charge is 2.21. The Kier molecular flexibility index (Phi) is 6.23. The van der Waals surface area contributed by atoms with Crippen LogP contribution >= 0.6 is 23.8 Å². The van der Waals surface area contributed by atoms with E-state index in [0.29, 0.717) is 0 Å². The van der Waals surface area contributed by atoms with Crippen LogP contribution in [-0.2, 0) is 0 Å². The number of rotatable bonds is 6. The van der Waals surface area contributed by atoms with Gasteiger partial charge in [-0.3, -0.25) is 4.90 Å². The highest BCUT2D eigenvalue weighted by Crippen LogP contribution is 2.21. The van der Waals surface area contributed by atoms with Crippen LogP contribution < -0.4 is 10.2 Å². The van der Waals surface area contributed by atoms with E-state index in [0.717, 1.165) is 55.3 Å². The van der Waals surface area contributed by atoms with E-state index in [4.69, 9.17) is 23.8 Å². The molecule has 0 bridgehead atoms. The van der Waals surface area contributed by atoms with Crippen molar-refractivity contribution in [1.29, 1.82) is 0 Å². The molecule has 0 saturated carbocycles. The van der Waals surface area contributed by atoms with Crippen LogP contribution in [0.3, 0.4) is 0 Å². The van der Waals surface area contributed by atoms with E-state index >= 15 is 0 Å². The number of anilines is 1. The van der Waals surface area contributed by atoms with Crippen LogP contribution in [0.25, 0.3) is 0 Å². The smallest absolute Gasteiger partial charge is 0.175 e. The molecule has 1 aromatic carbocycles. The van der Waals surface area contributed by atoms with Crippen molar-refractivity contribution in [2.75, 3.05) is 44.4 Å². The number of halogens is 1. The van der Waals surface area contributed by atoms with Gasteiger partial charge in [-0.2, -0.15) is 0 Å². The second-order valence-electron chi connectivity index (χ2n) is 5.11. The van der Waals surface area contributed by atoms with Crippen LogP contribution in [0.15, 0.2) is 24.3 Å². The number of hydrogen-bond donors (Lipinski definition) is 1.